The quantitative estimate of drug-likeness (QED) is 0.827. The molecular formula is C13H18ClN3O. The van der Waals surface area contributed by atoms with E-state index in [1.165, 1.54) is 19.3 Å². The lowest BCUT2D eigenvalue weighted by molar-refractivity contribution is -0.117. The molecule has 3 N–H and O–H groups in total. The van der Waals surface area contributed by atoms with E-state index in [0.29, 0.717) is 22.9 Å². The van der Waals surface area contributed by atoms with E-state index in [1.807, 2.05) is 0 Å². The molecule has 0 saturated carbocycles. The summed E-state index contributed by atoms with van der Waals surface area (Å²) in [5.74, 6) is -0.0223. The number of nitrogens with one attached hydrogen (secondary N) is 1. The molecule has 1 aromatic carbocycles. The summed E-state index contributed by atoms with van der Waals surface area (Å²) in [6.45, 7) is 2.44. The monoisotopic (exact) mass is 267 g/mol. The molecule has 1 aliphatic heterocycles. The van der Waals surface area contributed by atoms with E-state index < -0.39 is 0 Å². The first-order chi connectivity index (χ1) is 8.65. The number of benzene rings is 1. The number of halogens is 1. The van der Waals surface area contributed by atoms with Crippen LogP contribution < -0.4 is 11.1 Å². The molecule has 1 aliphatic rings. The Morgan fingerprint density at radius 1 is 1.33 bits per heavy atom. The van der Waals surface area contributed by atoms with Gasteiger partial charge < -0.3 is 11.1 Å². The Morgan fingerprint density at radius 2 is 2.06 bits per heavy atom. The van der Waals surface area contributed by atoms with Crippen molar-refractivity contribution in [2.24, 2.45) is 0 Å². The number of amides is 1. The van der Waals surface area contributed by atoms with Crippen molar-refractivity contribution in [2.75, 3.05) is 30.7 Å². The maximum atomic E-state index is 11.9. The minimum atomic E-state index is -0.0223. The lowest BCUT2D eigenvalue weighted by atomic mass is 10.1. The van der Waals surface area contributed by atoms with Gasteiger partial charge in [-0.2, -0.15) is 0 Å². The Bertz CT molecular complexity index is 430. The average molecular weight is 268 g/mol. The molecule has 0 atom stereocenters. The summed E-state index contributed by atoms with van der Waals surface area (Å²) in [6, 6.07) is 5.08. The van der Waals surface area contributed by atoms with Crippen LogP contribution in [0, 0.1) is 0 Å². The summed E-state index contributed by atoms with van der Waals surface area (Å²) in [7, 11) is 0. The van der Waals surface area contributed by atoms with Crippen LogP contribution in [0.5, 0.6) is 0 Å². The summed E-state index contributed by atoms with van der Waals surface area (Å²) in [6.07, 6.45) is 3.62. The van der Waals surface area contributed by atoms with Gasteiger partial charge in [-0.3, -0.25) is 9.69 Å². The van der Waals surface area contributed by atoms with Crippen molar-refractivity contribution in [2.45, 2.75) is 19.3 Å². The van der Waals surface area contributed by atoms with Crippen LogP contribution in [-0.4, -0.2) is 30.4 Å². The Kier molecular flexibility index (Phi) is 4.44. The second-order valence-corrected chi connectivity index (χ2v) is 5.05. The smallest absolute Gasteiger partial charge is 0.238 e. The Morgan fingerprint density at radius 3 is 2.72 bits per heavy atom. The molecule has 2 rings (SSSR count). The van der Waals surface area contributed by atoms with Crippen LogP contribution in [0.25, 0.3) is 0 Å². The summed E-state index contributed by atoms with van der Waals surface area (Å²) in [5, 5.41) is 3.39. The minimum absolute atomic E-state index is 0.0223. The molecule has 5 heteroatoms. The first-order valence-electron chi connectivity index (χ1n) is 6.22. The molecule has 1 aromatic rings. The summed E-state index contributed by atoms with van der Waals surface area (Å²) >= 11 is 5.81. The van der Waals surface area contributed by atoms with Crippen LogP contribution in [0.15, 0.2) is 18.2 Å². The molecule has 0 bridgehead atoms. The van der Waals surface area contributed by atoms with E-state index in [1.54, 1.807) is 18.2 Å². The molecule has 1 fully saturated rings. The fourth-order valence-electron chi connectivity index (χ4n) is 2.16. The van der Waals surface area contributed by atoms with Gasteiger partial charge in [0.15, 0.2) is 0 Å². The van der Waals surface area contributed by atoms with Crippen LogP contribution in [0.1, 0.15) is 19.3 Å². The lowest BCUT2D eigenvalue weighted by Crippen LogP contribution is -2.36. The minimum Gasteiger partial charge on any atom is -0.397 e. The van der Waals surface area contributed by atoms with Gasteiger partial charge in [-0.1, -0.05) is 18.0 Å². The van der Waals surface area contributed by atoms with Crippen LogP contribution in [-0.2, 0) is 4.79 Å². The standard InChI is InChI=1S/C13H18ClN3O/c14-10-4-5-12(11(15)8-10)16-13(18)9-17-6-2-1-3-7-17/h4-5,8H,1-3,6-7,9,15H2,(H,16,18). The highest BCUT2D eigenvalue weighted by Crippen LogP contribution is 2.22. The number of nitrogen functional groups attached to an aromatic ring is 1. The van der Waals surface area contributed by atoms with Crippen molar-refractivity contribution in [1.82, 2.24) is 4.90 Å². The third-order valence-electron chi connectivity index (χ3n) is 3.10. The fourth-order valence-corrected chi connectivity index (χ4v) is 2.34. The number of carbonyl (C=O) groups is 1. The third-order valence-corrected chi connectivity index (χ3v) is 3.34. The molecular weight excluding hydrogens is 250 g/mol. The zero-order valence-corrected chi connectivity index (χ0v) is 11.0. The second-order valence-electron chi connectivity index (χ2n) is 4.62. The highest BCUT2D eigenvalue weighted by molar-refractivity contribution is 6.31. The lowest BCUT2D eigenvalue weighted by Gasteiger charge is -2.25. The number of hydrogen-bond acceptors (Lipinski definition) is 3. The molecule has 0 aromatic heterocycles. The molecule has 4 nitrogen and oxygen atoms in total. The average Bonchev–Trinajstić information content (AvgIpc) is 2.34. The van der Waals surface area contributed by atoms with Crippen LogP contribution in [0.3, 0.4) is 0 Å². The Balaban J connectivity index is 1.90. The van der Waals surface area contributed by atoms with Crippen LogP contribution in [0.2, 0.25) is 5.02 Å². The van der Waals surface area contributed by atoms with Gasteiger partial charge in [0.1, 0.15) is 0 Å². The summed E-state index contributed by atoms with van der Waals surface area (Å²) < 4.78 is 0. The molecule has 0 unspecified atom stereocenters. The first-order valence-corrected chi connectivity index (χ1v) is 6.60. The number of carbonyl (C=O) groups excluding carboxylic acids is 1. The molecule has 18 heavy (non-hydrogen) atoms. The zero-order valence-electron chi connectivity index (χ0n) is 10.3. The van der Waals surface area contributed by atoms with Crippen molar-refractivity contribution >= 4 is 28.9 Å². The molecule has 98 valence electrons. The van der Waals surface area contributed by atoms with E-state index in [0.717, 1.165) is 13.1 Å². The maximum absolute atomic E-state index is 11.9. The first kappa shape index (κ1) is 13.2. The third kappa shape index (κ3) is 3.62. The predicted octanol–water partition coefficient (Wildman–Crippen LogP) is 2.35. The van der Waals surface area contributed by atoms with Crippen molar-refractivity contribution < 1.29 is 4.79 Å². The number of nitrogens with two attached hydrogens (primary N) is 1. The molecule has 0 radical (unpaired) electrons. The number of nitrogens with zero attached hydrogens (tertiary/aromatic N) is 1. The Hall–Kier alpha value is -1.26. The van der Waals surface area contributed by atoms with Gasteiger partial charge in [-0.05, 0) is 44.1 Å². The van der Waals surface area contributed by atoms with Gasteiger partial charge in [0, 0.05) is 5.02 Å². The highest BCUT2D eigenvalue weighted by Gasteiger charge is 2.14. The SMILES string of the molecule is Nc1cc(Cl)ccc1NC(=O)CN1CCCCC1. The fraction of sp³-hybridized carbons (Fsp3) is 0.462. The van der Waals surface area contributed by atoms with E-state index in [4.69, 9.17) is 17.3 Å². The van der Waals surface area contributed by atoms with Crippen molar-refractivity contribution in [3.63, 3.8) is 0 Å². The Labute approximate surface area is 112 Å². The zero-order chi connectivity index (χ0) is 13.0. The van der Waals surface area contributed by atoms with E-state index in [2.05, 4.69) is 10.2 Å². The normalized spacial score (nSPS) is 16.5. The maximum Gasteiger partial charge on any atom is 0.238 e. The molecule has 1 saturated heterocycles. The summed E-state index contributed by atoms with van der Waals surface area (Å²) in [4.78, 5) is 14.0. The highest BCUT2D eigenvalue weighted by atomic mass is 35.5. The largest absolute Gasteiger partial charge is 0.397 e. The van der Waals surface area contributed by atoms with Crippen LogP contribution >= 0.6 is 11.6 Å². The van der Waals surface area contributed by atoms with Gasteiger partial charge >= 0.3 is 0 Å². The molecule has 1 heterocycles. The van der Waals surface area contributed by atoms with Gasteiger partial charge in [-0.15, -0.1) is 0 Å². The van der Waals surface area contributed by atoms with Gasteiger partial charge in [-0.25, -0.2) is 0 Å². The van der Waals surface area contributed by atoms with E-state index in [9.17, 15) is 4.79 Å². The van der Waals surface area contributed by atoms with E-state index >= 15 is 0 Å². The van der Waals surface area contributed by atoms with Crippen molar-refractivity contribution in [3.05, 3.63) is 23.2 Å². The molecule has 0 aliphatic carbocycles. The topological polar surface area (TPSA) is 58.4 Å². The second kappa shape index (κ2) is 6.07. The summed E-state index contributed by atoms with van der Waals surface area (Å²) in [5.41, 5.74) is 6.91. The number of hydrogen-bond donors (Lipinski definition) is 2. The molecule has 1 amide bonds. The predicted molar refractivity (Wildman–Crippen MR) is 74.8 cm³/mol. The number of rotatable bonds is 3. The molecule has 0 spiro atoms. The van der Waals surface area contributed by atoms with Gasteiger partial charge in [0.25, 0.3) is 0 Å². The van der Waals surface area contributed by atoms with Gasteiger partial charge in [0.05, 0.1) is 17.9 Å². The number of anilines is 2. The van der Waals surface area contributed by atoms with Gasteiger partial charge in [0.2, 0.25) is 5.91 Å². The number of likely N-dealkylation sites (tertiary alicyclic amines) is 1. The number of piperidine rings is 1. The van der Waals surface area contributed by atoms with Crippen molar-refractivity contribution in [1.29, 1.82) is 0 Å². The van der Waals surface area contributed by atoms with Crippen molar-refractivity contribution in [3.8, 4) is 0 Å². The van der Waals surface area contributed by atoms with E-state index in [-0.39, 0.29) is 5.91 Å². The van der Waals surface area contributed by atoms with Crippen LogP contribution in [0.4, 0.5) is 11.4 Å².